The van der Waals surface area contributed by atoms with Gasteiger partial charge in [-0.15, -0.1) is 0 Å². The van der Waals surface area contributed by atoms with Crippen molar-refractivity contribution in [2.24, 2.45) is 5.92 Å². The molecule has 1 aromatic heterocycles. The van der Waals surface area contributed by atoms with Gasteiger partial charge in [-0.1, -0.05) is 19.1 Å². The molecule has 0 saturated heterocycles. The average molecular weight is 326 g/mol. The van der Waals surface area contributed by atoms with Gasteiger partial charge < -0.3 is 10.6 Å². The van der Waals surface area contributed by atoms with E-state index in [2.05, 4.69) is 15.7 Å². The van der Waals surface area contributed by atoms with E-state index in [1.165, 1.54) is 18.2 Å². The first-order chi connectivity index (χ1) is 10.9. The first kappa shape index (κ1) is 16.9. The molecule has 0 bridgehead atoms. The van der Waals surface area contributed by atoms with Crippen molar-refractivity contribution in [1.82, 2.24) is 15.1 Å². The highest BCUT2D eigenvalue weighted by atomic mass is 19.4. The van der Waals surface area contributed by atoms with Crippen molar-refractivity contribution in [3.63, 3.8) is 0 Å². The van der Waals surface area contributed by atoms with Crippen molar-refractivity contribution in [1.29, 1.82) is 0 Å². The number of urea groups is 1. The second-order valence-corrected chi connectivity index (χ2v) is 5.21. The first-order valence-electron chi connectivity index (χ1n) is 7.05. The van der Waals surface area contributed by atoms with Gasteiger partial charge >= 0.3 is 12.2 Å². The molecule has 23 heavy (non-hydrogen) atoms. The molecule has 2 N–H and O–H groups in total. The molecule has 0 spiro atoms. The van der Waals surface area contributed by atoms with Crippen LogP contribution in [0.2, 0.25) is 0 Å². The van der Waals surface area contributed by atoms with Gasteiger partial charge in [-0.2, -0.15) is 18.3 Å². The van der Waals surface area contributed by atoms with Crippen LogP contribution < -0.4 is 10.6 Å². The average Bonchev–Trinajstić information content (AvgIpc) is 2.97. The van der Waals surface area contributed by atoms with Crippen LogP contribution in [0.4, 0.5) is 23.7 Å². The van der Waals surface area contributed by atoms with Crippen LogP contribution in [-0.2, 0) is 12.7 Å². The standard InChI is InChI=1S/C15H17F3N4O/c1-11(10-22-8-4-7-20-22)9-19-14(23)21-13-6-3-2-5-12(13)15(16,17)18/h2-8,11H,9-10H2,1H3,(H2,19,21,23). The molecule has 2 amide bonds. The van der Waals surface area contributed by atoms with Crippen molar-refractivity contribution in [2.45, 2.75) is 19.6 Å². The lowest BCUT2D eigenvalue weighted by atomic mass is 10.1. The number of nitrogens with one attached hydrogen (secondary N) is 2. The number of para-hydroxylation sites is 1. The summed E-state index contributed by atoms with van der Waals surface area (Å²) in [5.74, 6) is 0.0820. The highest BCUT2D eigenvalue weighted by Crippen LogP contribution is 2.34. The molecule has 0 aliphatic heterocycles. The number of rotatable bonds is 5. The lowest BCUT2D eigenvalue weighted by Crippen LogP contribution is -2.34. The zero-order valence-corrected chi connectivity index (χ0v) is 12.5. The Morgan fingerprint density at radius 2 is 2.04 bits per heavy atom. The number of hydrogen-bond donors (Lipinski definition) is 2. The molecular weight excluding hydrogens is 309 g/mol. The molecule has 8 heteroatoms. The van der Waals surface area contributed by atoms with Crippen LogP contribution in [0.3, 0.4) is 0 Å². The summed E-state index contributed by atoms with van der Waals surface area (Å²) in [6.45, 7) is 2.83. The fourth-order valence-corrected chi connectivity index (χ4v) is 2.07. The van der Waals surface area contributed by atoms with Gasteiger partial charge in [0.05, 0.1) is 11.3 Å². The largest absolute Gasteiger partial charge is 0.418 e. The smallest absolute Gasteiger partial charge is 0.338 e. The van der Waals surface area contributed by atoms with Crippen molar-refractivity contribution in [3.8, 4) is 0 Å². The number of carbonyl (C=O) groups excluding carboxylic acids is 1. The molecule has 2 rings (SSSR count). The molecule has 1 atom stereocenters. The molecule has 1 aromatic carbocycles. The second-order valence-electron chi connectivity index (χ2n) is 5.21. The number of hydrogen-bond acceptors (Lipinski definition) is 2. The van der Waals surface area contributed by atoms with Crippen LogP contribution in [0.25, 0.3) is 0 Å². The number of benzene rings is 1. The number of anilines is 1. The Hall–Kier alpha value is -2.51. The van der Waals surface area contributed by atoms with Gasteiger partial charge in [-0.25, -0.2) is 4.79 Å². The van der Waals surface area contributed by atoms with E-state index in [4.69, 9.17) is 0 Å². The summed E-state index contributed by atoms with van der Waals surface area (Å²) in [5, 5.41) is 8.86. The van der Waals surface area contributed by atoms with Gasteiger partial charge in [0.1, 0.15) is 0 Å². The Kier molecular flexibility index (Phi) is 5.25. The topological polar surface area (TPSA) is 59.0 Å². The summed E-state index contributed by atoms with van der Waals surface area (Å²) < 4.78 is 40.3. The molecule has 0 aliphatic rings. The Morgan fingerprint density at radius 1 is 1.30 bits per heavy atom. The molecule has 2 aromatic rings. The first-order valence-corrected chi connectivity index (χ1v) is 7.05. The van der Waals surface area contributed by atoms with Gasteiger partial charge in [-0.05, 0) is 24.1 Å². The number of carbonyl (C=O) groups is 1. The maximum atomic E-state index is 12.8. The summed E-state index contributed by atoms with van der Waals surface area (Å²) in [4.78, 5) is 11.8. The van der Waals surface area contributed by atoms with Gasteiger partial charge in [0.2, 0.25) is 0 Å². The highest BCUT2D eigenvalue weighted by molar-refractivity contribution is 5.90. The lowest BCUT2D eigenvalue weighted by molar-refractivity contribution is -0.136. The number of amides is 2. The fraction of sp³-hybridized carbons (Fsp3) is 0.333. The van der Waals surface area contributed by atoms with Crippen molar-refractivity contribution < 1.29 is 18.0 Å². The van der Waals surface area contributed by atoms with E-state index in [0.717, 1.165) is 6.07 Å². The molecule has 0 radical (unpaired) electrons. The van der Waals surface area contributed by atoms with Crippen molar-refractivity contribution in [3.05, 3.63) is 48.3 Å². The molecule has 1 unspecified atom stereocenters. The van der Waals surface area contributed by atoms with E-state index in [9.17, 15) is 18.0 Å². The highest BCUT2D eigenvalue weighted by Gasteiger charge is 2.33. The summed E-state index contributed by atoms with van der Waals surface area (Å²) in [7, 11) is 0. The number of aromatic nitrogens is 2. The van der Waals surface area contributed by atoms with Crippen LogP contribution in [0.5, 0.6) is 0 Å². The van der Waals surface area contributed by atoms with Crippen molar-refractivity contribution in [2.75, 3.05) is 11.9 Å². The Balaban J connectivity index is 1.88. The van der Waals surface area contributed by atoms with Gasteiger partial charge in [0.15, 0.2) is 0 Å². The minimum absolute atomic E-state index is 0.0820. The monoisotopic (exact) mass is 326 g/mol. The van der Waals surface area contributed by atoms with E-state index in [1.807, 2.05) is 6.92 Å². The second kappa shape index (κ2) is 7.17. The molecule has 5 nitrogen and oxygen atoms in total. The molecular formula is C15H17F3N4O. The predicted octanol–water partition coefficient (Wildman–Crippen LogP) is 3.36. The Labute approximate surface area is 131 Å². The predicted molar refractivity (Wildman–Crippen MR) is 79.9 cm³/mol. The van der Waals surface area contributed by atoms with Crippen LogP contribution >= 0.6 is 0 Å². The zero-order chi connectivity index (χ0) is 16.9. The Morgan fingerprint density at radius 3 is 2.70 bits per heavy atom. The lowest BCUT2D eigenvalue weighted by Gasteiger charge is -2.16. The summed E-state index contributed by atoms with van der Waals surface area (Å²) in [5.41, 5.74) is -1.14. The number of halogens is 3. The molecule has 1 heterocycles. The summed E-state index contributed by atoms with van der Waals surface area (Å²) in [6.07, 6.45) is -1.06. The van der Waals surface area contributed by atoms with Gasteiger partial charge in [0.25, 0.3) is 0 Å². The molecule has 0 aliphatic carbocycles. The van der Waals surface area contributed by atoms with E-state index in [0.29, 0.717) is 13.1 Å². The van der Waals surface area contributed by atoms with E-state index in [-0.39, 0.29) is 11.6 Å². The van der Waals surface area contributed by atoms with Gasteiger partial charge in [0, 0.05) is 25.5 Å². The van der Waals surface area contributed by atoms with Crippen LogP contribution in [0.1, 0.15) is 12.5 Å². The molecule has 0 fully saturated rings. The third-order valence-corrected chi connectivity index (χ3v) is 3.15. The Bertz CT molecular complexity index is 640. The summed E-state index contributed by atoms with van der Waals surface area (Å²) >= 11 is 0. The van der Waals surface area contributed by atoms with Crippen molar-refractivity contribution >= 4 is 11.7 Å². The maximum absolute atomic E-state index is 12.8. The van der Waals surface area contributed by atoms with Crippen LogP contribution in [0, 0.1) is 5.92 Å². The maximum Gasteiger partial charge on any atom is 0.418 e. The quantitative estimate of drug-likeness (QED) is 0.885. The summed E-state index contributed by atoms with van der Waals surface area (Å²) in [6, 6.07) is 5.98. The van der Waals surface area contributed by atoms with E-state index < -0.39 is 17.8 Å². The third-order valence-electron chi connectivity index (χ3n) is 3.15. The SMILES string of the molecule is CC(CNC(=O)Nc1ccccc1C(F)(F)F)Cn1cccn1. The fourth-order valence-electron chi connectivity index (χ4n) is 2.07. The number of alkyl halides is 3. The minimum atomic E-state index is -4.52. The normalized spacial score (nSPS) is 12.7. The van der Waals surface area contributed by atoms with Crippen LogP contribution in [-0.4, -0.2) is 22.4 Å². The third kappa shape index (κ3) is 5.01. The van der Waals surface area contributed by atoms with Crippen LogP contribution in [0.15, 0.2) is 42.7 Å². The zero-order valence-electron chi connectivity index (χ0n) is 12.5. The van der Waals surface area contributed by atoms with Gasteiger partial charge in [-0.3, -0.25) is 4.68 Å². The molecule has 0 saturated carbocycles. The number of nitrogens with zero attached hydrogens (tertiary/aromatic N) is 2. The van der Waals surface area contributed by atoms with E-state index >= 15 is 0 Å². The minimum Gasteiger partial charge on any atom is -0.338 e. The molecule has 124 valence electrons. The van der Waals surface area contributed by atoms with E-state index in [1.54, 1.807) is 23.1 Å².